The third kappa shape index (κ3) is 3.41. The second-order valence-corrected chi connectivity index (χ2v) is 3.74. The lowest BCUT2D eigenvalue weighted by atomic mass is 10.1. The van der Waals surface area contributed by atoms with Crippen molar-refractivity contribution >= 4 is 23.3 Å². The number of non-ortho nitro benzene ring substituents is 1. The third-order valence-corrected chi connectivity index (χ3v) is 2.49. The van der Waals surface area contributed by atoms with E-state index in [4.69, 9.17) is 10.8 Å². The van der Waals surface area contributed by atoms with Gasteiger partial charge in [-0.15, -0.1) is 0 Å². The van der Waals surface area contributed by atoms with Gasteiger partial charge in [0, 0.05) is 18.7 Å². The summed E-state index contributed by atoms with van der Waals surface area (Å²) in [6, 6.07) is 3.45. The molecule has 1 aromatic rings. The minimum Gasteiger partial charge on any atom is -0.478 e. The van der Waals surface area contributed by atoms with E-state index in [1.54, 1.807) is 6.92 Å². The first kappa shape index (κ1) is 14.4. The third-order valence-electron chi connectivity index (χ3n) is 2.49. The van der Waals surface area contributed by atoms with Crippen molar-refractivity contribution in [1.82, 2.24) is 0 Å². The van der Waals surface area contributed by atoms with Crippen molar-refractivity contribution in [2.24, 2.45) is 5.73 Å². The molecule has 8 heteroatoms. The molecule has 1 amide bonds. The summed E-state index contributed by atoms with van der Waals surface area (Å²) in [5.41, 5.74) is 4.73. The number of nitrogens with two attached hydrogens (primary N) is 1. The van der Waals surface area contributed by atoms with Gasteiger partial charge in [0.05, 0.1) is 22.7 Å². The van der Waals surface area contributed by atoms with E-state index in [1.807, 2.05) is 0 Å². The standard InChI is InChI=1S/C11H13N3O5/c1-2-13(6-10(12)15)9-4-3-7(14(18)19)5-8(9)11(16)17/h3-5H,2,6H2,1H3,(H2,12,15)(H,16,17). The van der Waals surface area contributed by atoms with Gasteiger partial charge in [0.15, 0.2) is 0 Å². The van der Waals surface area contributed by atoms with Crippen LogP contribution in [0.2, 0.25) is 0 Å². The van der Waals surface area contributed by atoms with Crippen LogP contribution in [0.15, 0.2) is 18.2 Å². The van der Waals surface area contributed by atoms with E-state index in [9.17, 15) is 19.7 Å². The average Bonchev–Trinajstić information content (AvgIpc) is 2.34. The van der Waals surface area contributed by atoms with Gasteiger partial charge in [-0.3, -0.25) is 14.9 Å². The molecular formula is C11H13N3O5. The van der Waals surface area contributed by atoms with E-state index in [0.29, 0.717) is 6.54 Å². The largest absolute Gasteiger partial charge is 0.478 e. The Morgan fingerprint density at radius 3 is 2.53 bits per heavy atom. The number of carboxylic acids is 1. The Bertz CT molecular complexity index is 529. The SMILES string of the molecule is CCN(CC(N)=O)c1ccc([N+](=O)[O-])cc1C(=O)O. The summed E-state index contributed by atoms with van der Waals surface area (Å²) in [7, 11) is 0. The van der Waals surface area contributed by atoms with Crippen LogP contribution in [0.5, 0.6) is 0 Å². The number of carbonyl (C=O) groups is 2. The maximum atomic E-state index is 11.1. The molecule has 0 aliphatic rings. The van der Waals surface area contributed by atoms with Crippen molar-refractivity contribution < 1.29 is 19.6 Å². The number of carboxylic acid groups (broad SMARTS) is 1. The topological polar surface area (TPSA) is 127 Å². The number of hydrogen-bond acceptors (Lipinski definition) is 5. The van der Waals surface area contributed by atoms with Crippen LogP contribution in [-0.2, 0) is 4.79 Å². The van der Waals surface area contributed by atoms with E-state index in [-0.39, 0.29) is 23.5 Å². The molecule has 0 aliphatic heterocycles. The highest BCUT2D eigenvalue weighted by Crippen LogP contribution is 2.25. The Morgan fingerprint density at radius 1 is 1.47 bits per heavy atom. The molecule has 19 heavy (non-hydrogen) atoms. The van der Waals surface area contributed by atoms with Crippen molar-refractivity contribution in [3.8, 4) is 0 Å². The Kier molecular flexibility index (Phi) is 4.41. The van der Waals surface area contributed by atoms with Crippen LogP contribution in [-0.4, -0.2) is 35.0 Å². The first-order valence-corrected chi connectivity index (χ1v) is 5.41. The molecule has 0 fully saturated rings. The summed E-state index contributed by atoms with van der Waals surface area (Å²) in [5.74, 6) is -1.92. The lowest BCUT2D eigenvalue weighted by Crippen LogP contribution is -2.34. The van der Waals surface area contributed by atoms with E-state index in [0.717, 1.165) is 6.07 Å². The highest BCUT2D eigenvalue weighted by molar-refractivity contribution is 5.96. The summed E-state index contributed by atoms with van der Waals surface area (Å²) < 4.78 is 0. The monoisotopic (exact) mass is 267 g/mol. The minimum absolute atomic E-state index is 0.158. The number of rotatable bonds is 6. The van der Waals surface area contributed by atoms with E-state index < -0.39 is 16.8 Å². The molecule has 0 saturated carbocycles. The molecule has 102 valence electrons. The van der Waals surface area contributed by atoms with Crippen LogP contribution in [0.25, 0.3) is 0 Å². The molecule has 1 aromatic carbocycles. The lowest BCUT2D eigenvalue weighted by Gasteiger charge is -2.22. The molecular weight excluding hydrogens is 254 g/mol. The summed E-state index contributed by atoms with van der Waals surface area (Å²) in [5, 5.41) is 19.7. The highest BCUT2D eigenvalue weighted by atomic mass is 16.6. The molecule has 0 aliphatic carbocycles. The number of nitro groups is 1. The van der Waals surface area contributed by atoms with E-state index in [1.165, 1.54) is 17.0 Å². The van der Waals surface area contributed by atoms with Gasteiger partial charge in [-0.05, 0) is 13.0 Å². The number of nitro benzene ring substituents is 1. The number of amides is 1. The minimum atomic E-state index is -1.30. The maximum Gasteiger partial charge on any atom is 0.338 e. The number of likely N-dealkylation sites (N-methyl/N-ethyl adjacent to an activating group) is 1. The summed E-state index contributed by atoms with van der Waals surface area (Å²) in [4.78, 5) is 33.4. The van der Waals surface area contributed by atoms with Crippen LogP contribution >= 0.6 is 0 Å². The molecule has 0 aromatic heterocycles. The zero-order chi connectivity index (χ0) is 14.6. The van der Waals surface area contributed by atoms with Crippen LogP contribution in [0.4, 0.5) is 11.4 Å². The zero-order valence-electron chi connectivity index (χ0n) is 10.2. The molecule has 0 bridgehead atoms. The number of nitrogens with zero attached hydrogens (tertiary/aromatic N) is 2. The van der Waals surface area contributed by atoms with Crippen LogP contribution in [0, 0.1) is 10.1 Å². The molecule has 0 heterocycles. The number of anilines is 1. The second-order valence-electron chi connectivity index (χ2n) is 3.74. The highest BCUT2D eigenvalue weighted by Gasteiger charge is 2.20. The lowest BCUT2D eigenvalue weighted by molar-refractivity contribution is -0.384. The quantitative estimate of drug-likeness (QED) is 0.574. The van der Waals surface area contributed by atoms with Crippen molar-refractivity contribution in [3.63, 3.8) is 0 Å². The van der Waals surface area contributed by atoms with Gasteiger partial charge in [-0.25, -0.2) is 4.79 Å². The molecule has 8 nitrogen and oxygen atoms in total. The van der Waals surface area contributed by atoms with Crippen LogP contribution < -0.4 is 10.6 Å². The zero-order valence-corrected chi connectivity index (χ0v) is 10.2. The normalized spacial score (nSPS) is 9.95. The molecule has 0 unspecified atom stereocenters. The van der Waals surface area contributed by atoms with Gasteiger partial charge in [-0.1, -0.05) is 0 Å². The first-order valence-electron chi connectivity index (χ1n) is 5.41. The molecule has 3 N–H and O–H groups in total. The van der Waals surface area contributed by atoms with Crippen molar-refractivity contribution in [2.45, 2.75) is 6.92 Å². The predicted octanol–water partition coefficient (Wildman–Crippen LogP) is 0.605. The fraction of sp³-hybridized carbons (Fsp3) is 0.273. The molecule has 0 saturated heterocycles. The second kappa shape index (κ2) is 5.80. The molecule has 1 rings (SSSR count). The predicted molar refractivity (Wildman–Crippen MR) is 67.1 cm³/mol. The van der Waals surface area contributed by atoms with E-state index >= 15 is 0 Å². The van der Waals surface area contributed by atoms with Crippen molar-refractivity contribution in [1.29, 1.82) is 0 Å². The van der Waals surface area contributed by atoms with Gasteiger partial charge in [0.2, 0.25) is 5.91 Å². The van der Waals surface area contributed by atoms with Gasteiger partial charge >= 0.3 is 5.97 Å². The van der Waals surface area contributed by atoms with Crippen molar-refractivity contribution in [3.05, 3.63) is 33.9 Å². The molecule has 0 radical (unpaired) electrons. The summed E-state index contributed by atoms with van der Waals surface area (Å²) in [6.45, 7) is 1.91. The van der Waals surface area contributed by atoms with Crippen LogP contribution in [0.1, 0.15) is 17.3 Å². The number of benzene rings is 1. The Morgan fingerprint density at radius 2 is 2.11 bits per heavy atom. The summed E-state index contributed by atoms with van der Waals surface area (Å²) in [6.07, 6.45) is 0. The summed E-state index contributed by atoms with van der Waals surface area (Å²) >= 11 is 0. The number of primary amides is 1. The Balaban J connectivity index is 3.29. The fourth-order valence-electron chi connectivity index (χ4n) is 1.64. The average molecular weight is 267 g/mol. The molecule has 0 spiro atoms. The van der Waals surface area contributed by atoms with Gasteiger partial charge in [0.25, 0.3) is 5.69 Å². The van der Waals surface area contributed by atoms with Crippen molar-refractivity contribution in [2.75, 3.05) is 18.0 Å². The number of carbonyl (C=O) groups excluding carboxylic acids is 1. The van der Waals surface area contributed by atoms with Gasteiger partial charge in [0.1, 0.15) is 0 Å². The first-order chi connectivity index (χ1) is 8.86. The molecule has 0 atom stereocenters. The Hall–Kier alpha value is -2.64. The van der Waals surface area contributed by atoms with Gasteiger partial charge in [-0.2, -0.15) is 0 Å². The number of aromatic carboxylic acids is 1. The van der Waals surface area contributed by atoms with Crippen LogP contribution in [0.3, 0.4) is 0 Å². The van der Waals surface area contributed by atoms with E-state index in [2.05, 4.69) is 0 Å². The van der Waals surface area contributed by atoms with Gasteiger partial charge < -0.3 is 15.7 Å². The smallest absolute Gasteiger partial charge is 0.338 e. The number of hydrogen-bond donors (Lipinski definition) is 2. The fourth-order valence-corrected chi connectivity index (χ4v) is 1.64. The maximum absolute atomic E-state index is 11.1. The Labute approximate surface area is 108 Å².